The summed E-state index contributed by atoms with van der Waals surface area (Å²) in [6.07, 6.45) is 0. The summed E-state index contributed by atoms with van der Waals surface area (Å²) in [5.41, 5.74) is 1.07. The van der Waals surface area contributed by atoms with Gasteiger partial charge in [-0.15, -0.1) is 11.8 Å². The number of halogens is 1. The van der Waals surface area contributed by atoms with Crippen LogP contribution in [0, 0.1) is 5.92 Å². The highest BCUT2D eigenvalue weighted by Gasteiger charge is 2.29. The molecule has 1 N–H and O–H groups in total. The summed E-state index contributed by atoms with van der Waals surface area (Å²) >= 11 is 5.20. The minimum absolute atomic E-state index is 0.452. The molecule has 5 heteroatoms. The Balaban J connectivity index is 2.33. The van der Waals surface area contributed by atoms with Crippen LogP contribution in [0.25, 0.3) is 0 Å². The molecule has 1 aliphatic heterocycles. The van der Waals surface area contributed by atoms with Gasteiger partial charge in [0.15, 0.2) is 0 Å². The molecule has 0 saturated heterocycles. The molecular formula is C13H14BrNO2S. The van der Waals surface area contributed by atoms with Crippen LogP contribution in [0.1, 0.15) is 31.1 Å². The molecule has 0 spiro atoms. The molecule has 2 rings (SSSR count). The summed E-state index contributed by atoms with van der Waals surface area (Å²) < 4.78 is 0.864. The minimum atomic E-state index is -0.545. The maximum Gasteiger partial charge on any atom is 0.296 e. The third-order valence-electron chi connectivity index (χ3n) is 3.02. The van der Waals surface area contributed by atoms with Crippen molar-refractivity contribution in [2.24, 2.45) is 5.92 Å². The fourth-order valence-corrected chi connectivity index (χ4v) is 3.23. The van der Waals surface area contributed by atoms with Gasteiger partial charge in [-0.2, -0.15) is 0 Å². The molecule has 3 nitrogen and oxygen atoms in total. The summed E-state index contributed by atoms with van der Waals surface area (Å²) in [6.45, 7) is 6.51. The molecule has 1 heterocycles. The normalized spacial score (nSPS) is 15.8. The van der Waals surface area contributed by atoms with E-state index >= 15 is 0 Å². The van der Waals surface area contributed by atoms with Gasteiger partial charge < -0.3 is 5.32 Å². The first kappa shape index (κ1) is 13.6. The zero-order chi connectivity index (χ0) is 13.4. The highest BCUT2D eigenvalue weighted by atomic mass is 79.9. The van der Waals surface area contributed by atoms with E-state index in [1.807, 2.05) is 6.07 Å². The lowest BCUT2D eigenvalue weighted by atomic mass is 10.1. The maximum absolute atomic E-state index is 11.6. The Kier molecular flexibility index (Phi) is 3.82. The van der Waals surface area contributed by atoms with Gasteiger partial charge in [-0.05, 0) is 34.0 Å². The highest BCUT2D eigenvalue weighted by molar-refractivity contribution is 9.10. The molecule has 1 aromatic rings. The van der Waals surface area contributed by atoms with Gasteiger partial charge in [0.1, 0.15) is 0 Å². The summed E-state index contributed by atoms with van der Waals surface area (Å²) in [5, 5.41) is 3.06. The summed E-state index contributed by atoms with van der Waals surface area (Å²) in [6, 6.07) is 3.59. The van der Waals surface area contributed by atoms with E-state index in [1.54, 1.807) is 17.8 Å². The van der Waals surface area contributed by atoms with Gasteiger partial charge in [0.2, 0.25) is 0 Å². The van der Waals surface area contributed by atoms with Gasteiger partial charge in [0.05, 0.1) is 11.3 Å². The van der Waals surface area contributed by atoms with E-state index in [2.05, 4.69) is 42.0 Å². The van der Waals surface area contributed by atoms with Gasteiger partial charge in [-0.25, -0.2) is 0 Å². The van der Waals surface area contributed by atoms with Crippen LogP contribution in [0.5, 0.6) is 0 Å². The Bertz CT molecular complexity index is 528. The zero-order valence-electron chi connectivity index (χ0n) is 10.4. The fraction of sp³-hybridized carbons (Fsp3) is 0.385. The number of rotatable bonds is 3. The van der Waals surface area contributed by atoms with E-state index in [1.165, 1.54) is 0 Å². The summed E-state index contributed by atoms with van der Waals surface area (Å²) in [7, 11) is 0. The van der Waals surface area contributed by atoms with E-state index in [-0.39, 0.29) is 0 Å². The second-order valence-electron chi connectivity index (χ2n) is 4.68. The van der Waals surface area contributed by atoms with Crippen molar-refractivity contribution in [1.82, 2.24) is 0 Å². The summed E-state index contributed by atoms with van der Waals surface area (Å²) in [4.78, 5) is 23.9. The third-order valence-corrected chi connectivity index (χ3v) is 5.45. The molecule has 0 bridgehead atoms. The molecule has 0 saturated carbocycles. The Morgan fingerprint density at radius 2 is 1.89 bits per heavy atom. The molecule has 0 radical (unpaired) electrons. The second kappa shape index (κ2) is 5.05. The van der Waals surface area contributed by atoms with Gasteiger partial charge in [0.25, 0.3) is 11.7 Å². The number of hydrogen-bond acceptors (Lipinski definition) is 3. The standard InChI is InChI=1S/C13H14BrNO2S/c1-6(2)7(3)18-11-5-10-8(4-9(11)14)12(16)13(17)15-10/h4-7H,1-3H3,(H,15,16,17). The molecule has 96 valence electrons. The highest BCUT2D eigenvalue weighted by Crippen LogP contribution is 2.38. The van der Waals surface area contributed by atoms with Crippen molar-refractivity contribution in [2.75, 3.05) is 5.32 Å². The largest absolute Gasteiger partial charge is 0.318 e. The Morgan fingerprint density at radius 3 is 2.50 bits per heavy atom. The molecule has 1 aromatic carbocycles. The quantitative estimate of drug-likeness (QED) is 0.679. The second-order valence-corrected chi connectivity index (χ2v) is 6.95. The van der Waals surface area contributed by atoms with Crippen LogP contribution in [0.4, 0.5) is 5.69 Å². The predicted octanol–water partition coefficient (Wildman–Crippen LogP) is 3.72. The van der Waals surface area contributed by atoms with Gasteiger partial charge >= 0.3 is 0 Å². The molecule has 1 amide bonds. The van der Waals surface area contributed by atoms with E-state index in [4.69, 9.17) is 0 Å². The van der Waals surface area contributed by atoms with Crippen LogP contribution >= 0.6 is 27.7 Å². The molecule has 0 aromatic heterocycles. The smallest absolute Gasteiger partial charge is 0.296 e. The van der Waals surface area contributed by atoms with Crippen molar-refractivity contribution in [1.29, 1.82) is 0 Å². The predicted molar refractivity (Wildman–Crippen MR) is 77.3 cm³/mol. The lowest BCUT2D eigenvalue weighted by Gasteiger charge is -2.16. The molecule has 1 aliphatic rings. The Labute approximate surface area is 119 Å². The lowest BCUT2D eigenvalue weighted by molar-refractivity contribution is -0.112. The molecule has 0 fully saturated rings. The van der Waals surface area contributed by atoms with E-state index < -0.39 is 11.7 Å². The van der Waals surface area contributed by atoms with Crippen molar-refractivity contribution in [3.63, 3.8) is 0 Å². The summed E-state index contributed by atoms with van der Waals surface area (Å²) in [5.74, 6) is -0.443. The number of carbonyl (C=O) groups is 2. The van der Waals surface area contributed by atoms with Crippen molar-refractivity contribution in [3.8, 4) is 0 Å². The first-order valence-electron chi connectivity index (χ1n) is 5.76. The maximum atomic E-state index is 11.6. The lowest BCUT2D eigenvalue weighted by Crippen LogP contribution is -2.12. The van der Waals surface area contributed by atoms with Crippen LogP contribution in [-0.2, 0) is 4.79 Å². The number of amides is 1. The monoisotopic (exact) mass is 327 g/mol. The SMILES string of the molecule is CC(C)C(C)Sc1cc2c(cc1Br)C(=O)C(=O)N2. The van der Waals surface area contributed by atoms with Crippen molar-refractivity contribution < 1.29 is 9.59 Å². The molecular weight excluding hydrogens is 314 g/mol. The Morgan fingerprint density at radius 1 is 1.22 bits per heavy atom. The first-order chi connectivity index (χ1) is 8.40. The number of hydrogen-bond donors (Lipinski definition) is 1. The van der Waals surface area contributed by atoms with E-state index in [0.717, 1.165) is 9.37 Å². The number of ketones is 1. The van der Waals surface area contributed by atoms with Crippen molar-refractivity contribution in [3.05, 3.63) is 22.2 Å². The fourth-order valence-electron chi connectivity index (χ4n) is 1.57. The average molecular weight is 328 g/mol. The van der Waals surface area contributed by atoms with Crippen LogP contribution < -0.4 is 5.32 Å². The number of fused-ring (bicyclic) bond motifs is 1. The van der Waals surface area contributed by atoms with Crippen LogP contribution in [-0.4, -0.2) is 16.9 Å². The molecule has 1 atom stereocenters. The topological polar surface area (TPSA) is 46.2 Å². The molecule has 1 unspecified atom stereocenters. The van der Waals surface area contributed by atoms with Crippen LogP contribution in [0.2, 0.25) is 0 Å². The third kappa shape index (κ3) is 2.47. The number of carbonyl (C=O) groups excluding carboxylic acids is 2. The van der Waals surface area contributed by atoms with E-state index in [0.29, 0.717) is 22.4 Å². The average Bonchev–Trinajstić information content (AvgIpc) is 2.56. The zero-order valence-corrected chi connectivity index (χ0v) is 12.8. The van der Waals surface area contributed by atoms with Crippen molar-refractivity contribution >= 4 is 45.1 Å². The molecule has 0 aliphatic carbocycles. The number of benzene rings is 1. The number of thioether (sulfide) groups is 1. The van der Waals surface area contributed by atoms with Gasteiger partial charge in [-0.1, -0.05) is 20.8 Å². The molecule has 18 heavy (non-hydrogen) atoms. The Hall–Kier alpha value is -0.810. The van der Waals surface area contributed by atoms with E-state index in [9.17, 15) is 9.59 Å². The van der Waals surface area contributed by atoms with Gasteiger partial charge in [-0.3, -0.25) is 9.59 Å². The number of Topliss-reactive ketones (excluding diaryl/α,β-unsaturated/α-hetero) is 1. The van der Waals surface area contributed by atoms with Gasteiger partial charge in [0, 0.05) is 14.6 Å². The van der Waals surface area contributed by atoms with Crippen molar-refractivity contribution in [2.45, 2.75) is 30.9 Å². The number of nitrogens with one attached hydrogen (secondary N) is 1. The van der Waals surface area contributed by atoms with Crippen LogP contribution in [0.3, 0.4) is 0 Å². The first-order valence-corrected chi connectivity index (χ1v) is 7.43. The number of anilines is 1. The minimum Gasteiger partial charge on any atom is -0.318 e. The van der Waals surface area contributed by atoms with Crippen LogP contribution in [0.15, 0.2) is 21.5 Å².